The highest BCUT2D eigenvalue weighted by molar-refractivity contribution is 5.95. The zero-order valence-corrected chi connectivity index (χ0v) is 11.9. The van der Waals surface area contributed by atoms with Gasteiger partial charge in [-0.3, -0.25) is 4.79 Å². The molecule has 0 aliphatic rings. The fourth-order valence-corrected chi connectivity index (χ4v) is 1.39. The maximum atomic E-state index is 11.8. The van der Waals surface area contributed by atoms with Crippen molar-refractivity contribution in [2.24, 2.45) is 0 Å². The van der Waals surface area contributed by atoms with Gasteiger partial charge in [-0.05, 0) is 32.9 Å². The smallest absolute Gasteiger partial charge is 0.331 e. The number of esters is 1. The summed E-state index contributed by atoms with van der Waals surface area (Å²) in [5.74, 6) is -0.906. The molecule has 0 heterocycles. The molecule has 1 aromatic carbocycles. The lowest BCUT2D eigenvalue weighted by Gasteiger charge is -2.12. The summed E-state index contributed by atoms with van der Waals surface area (Å²) in [5, 5.41) is 2.69. The molecule has 0 spiro atoms. The predicted molar refractivity (Wildman–Crippen MR) is 79.3 cm³/mol. The van der Waals surface area contributed by atoms with Crippen molar-refractivity contribution in [3.63, 3.8) is 0 Å². The summed E-state index contributed by atoms with van der Waals surface area (Å²) in [7, 11) is 0. The number of anilines is 1. The molecular formula is C16H19NO3. The highest BCUT2D eigenvalue weighted by atomic mass is 16.5. The molecular weight excluding hydrogens is 254 g/mol. The van der Waals surface area contributed by atoms with Crippen molar-refractivity contribution < 1.29 is 14.3 Å². The van der Waals surface area contributed by atoms with E-state index in [-0.39, 0.29) is 5.91 Å². The van der Waals surface area contributed by atoms with Gasteiger partial charge in [0.1, 0.15) is 0 Å². The van der Waals surface area contributed by atoms with Crippen LogP contribution in [0.4, 0.5) is 5.69 Å². The second kappa shape index (κ2) is 7.94. The van der Waals surface area contributed by atoms with E-state index in [1.807, 2.05) is 26.0 Å². The van der Waals surface area contributed by atoms with Crippen LogP contribution in [0.5, 0.6) is 0 Å². The van der Waals surface area contributed by atoms with Crippen LogP contribution < -0.4 is 5.32 Å². The molecule has 0 radical (unpaired) electrons. The molecule has 0 saturated heterocycles. The van der Waals surface area contributed by atoms with Crippen LogP contribution in [0.1, 0.15) is 19.4 Å². The molecule has 20 heavy (non-hydrogen) atoms. The van der Waals surface area contributed by atoms with Gasteiger partial charge in [0.25, 0.3) is 5.91 Å². The van der Waals surface area contributed by atoms with E-state index >= 15 is 0 Å². The summed E-state index contributed by atoms with van der Waals surface area (Å²) in [4.78, 5) is 23.2. The fraction of sp³-hybridized carbons (Fsp3) is 0.250. The molecule has 0 fully saturated rings. The number of hydrogen-bond acceptors (Lipinski definition) is 3. The monoisotopic (exact) mass is 273 g/mol. The Kier molecular flexibility index (Phi) is 6.23. The lowest BCUT2D eigenvalue weighted by atomic mass is 10.2. The summed E-state index contributed by atoms with van der Waals surface area (Å²) in [6, 6.07) is 7.39. The number of hydrogen-bond donors (Lipinski definition) is 1. The Bertz CT molecular complexity index is 515. The molecule has 1 aromatic rings. The first-order valence-corrected chi connectivity index (χ1v) is 6.40. The molecule has 0 aromatic heterocycles. The molecule has 1 amide bonds. The Hall–Kier alpha value is -2.36. The van der Waals surface area contributed by atoms with Crippen molar-refractivity contribution in [3.8, 4) is 0 Å². The predicted octanol–water partition coefficient (Wildman–Crippen LogP) is 3.00. The molecule has 0 saturated carbocycles. The lowest BCUT2D eigenvalue weighted by molar-refractivity contribution is -0.148. The summed E-state index contributed by atoms with van der Waals surface area (Å²) < 4.78 is 4.98. The minimum absolute atomic E-state index is 0.360. The van der Waals surface area contributed by atoms with Gasteiger partial charge < -0.3 is 10.1 Å². The van der Waals surface area contributed by atoms with E-state index in [4.69, 9.17) is 4.74 Å². The molecule has 0 unspecified atom stereocenters. The molecule has 1 N–H and O–H groups in total. The number of aryl methyl sites for hydroxylation is 1. The van der Waals surface area contributed by atoms with Crippen LogP contribution in [0.15, 0.2) is 48.6 Å². The molecule has 0 aliphatic heterocycles. The average molecular weight is 273 g/mol. The van der Waals surface area contributed by atoms with Crippen LogP contribution in [-0.4, -0.2) is 18.0 Å². The van der Waals surface area contributed by atoms with Gasteiger partial charge in [-0.1, -0.05) is 35.9 Å². The first-order chi connectivity index (χ1) is 9.52. The largest absolute Gasteiger partial charge is 0.449 e. The normalized spacial score (nSPS) is 12.6. The van der Waals surface area contributed by atoms with Gasteiger partial charge in [-0.25, -0.2) is 4.79 Å². The number of benzene rings is 1. The SMILES string of the molecule is C/C=C/C=C/C(=O)O[C@H](C)C(=O)Nc1ccc(C)cc1. The summed E-state index contributed by atoms with van der Waals surface area (Å²) in [5.41, 5.74) is 1.78. The highest BCUT2D eigenvalue weighted by Crippen LogP contribution is 2.09. The van der Waals surface area contributed by atoms with Gasteiger partial charge in [-0.15, -0.1) is 0 Å². The quantitative estimate of drug-likeness (QED) is 0.510. The third-order valence-electron chi connectivity index (χ3n) is 2.52. The van der Waals surface area contributed by atoms with Gasteiger partial charge in [0.15, 0.2) is 6.10 Å². The number of rotatable bonds is 5. The molecule has 1 rings (SSSR count). The second-order valence-corrected chi connectivity index (χ2v) is 4.32. The third-order valence-corrected chi connectivity index (χ3v) is 2.52. The Morgan fingerprint density at radius 1 is 1.20 bits per heavy atom. The van der Waals surface area contributed by atoms with Crippen molar-refractivity contribution in [1.82, 2.24) is 0 Å². The van der Waals surface area contributed by atoms with Crippen LogP contribution in [0, 0.1) is 6.92 Å². The fourth-order valence-electron chi connectivity index (χ4n) is 1.39. The van der Waals surface area contributed by atoms with Crippen molar-refractivity contribution >= 4 is 17.6 Å². The maximum absolute atomic E-state index is 11.8. The topological polar surface area (TPSA) is 55.4 Å². The average Bonchev–Trinajstić information content (AvgIpc) is 2.41. The number of ether oxygens (including phenoxy) is 1. The van der Waals surface area contributed by atoms with Crippen molar-refractivity contribution in [1.29, 1.82) is 0 Å². The first-order valence-electron chi connectivity index (χ1n) is 6.40. The minimum Gasteiger partial charge on any atom is -0.449 e. The number of amides is 1. The van der Waals surface area contributed by atoms with E-state index in [9.17, 15) is 9.59 Å². The summed E-state index contributed by atoms with van der Waals surface area (Å²) in [6.07, 6.45) is 5.48. The van der Waals surface area contributed by atoms with E-state index in [2.05, 4.69) is 5.32 Å². The molecule has 4 nitrogen and oxygen atoms in total. The third kappa shape index (κ3) is 5.52. The van der Waals surface area contributed by atoms with E-state index in [1.165, 1.54) is 13.0 Å². The number of carbonyl (C=O) groups excluding carboxylic acids is 2. The van der Waals surface area contributed by atoms with Crippen LogP contribution in [0.2, 0.25) is 0 Å². The zero-order chi connectivity index (χ0) is 15.0. The zero-order valence-electron chi connectivity index (χ0n) is 11.9. The van der Waals surface area contributed by atoms with Crippen LogP contribution in [-0.2, 0) is 14.3 Å². The lowest BCUT2D eigenvalue weighted by Crippen LogP contribution is -2.29. The van der Waals surface area contributed by atoms with E-state index < -0.39 is 12.1 Å². The van der Waals surface area contributed by atoms with Crippen molar-refractivity contribution in [2.45, 2.75) is 26.9 Å². The van der Waals surface area contributed by atoms with E-state index in [1.54, 1.807) is 30.4 Å². The summed E-state index contributed by atoms with van der Waals surface area (Å²) in [6.45, 7) is 5.34. The highest BCUT2D eigenvalue weighted by Gasteiger charge is 2.16. The van der Waals surface area contributed by atoms with Crippen molar-refractivity contribution in [2.75, 3.05) is 5.32 Å². The molecule has 1 atom stereocenters. The molecule has 4 heteroatoms. The molecule has 0 bridgehead atoms. The Morgan fingerprint density at radius 3 is 2.45 bits per heavy atom. The number of allylic oxidation sites excluding steroid dienone is 3. The van der Waals surface area contributed by atoms with Gasteiger partial charge >= 0.3 is 5.97 Å². The van der Waals surface area contributed by atoms with Crippen LogP contribution in [0.3, 0.4) is 0 Å². The molecule has 106 valence electrons. The van der Waals surface area contributed by atoms with E-state index in [0.29, 0.717) is 5.69 Å². The second-order valence-electron chi connectivity index (χ2n) is 4.32. The van der Waals surface area contributed by atoms with E-state index in [0.717, 1.165) is 5.56 Å². The van der Waals surface area contributed by atoms with Crippen LogP contribution in [0.25, 0.3) is 0 Å². The van der Waals surface area contributed by atoms with Gasteiger partial charge in [-0.2, -0.15) is 0 Å². The van der Waals surface area contributed by atoms with Crippen LogP contribution >= 0.6 is 0 Å². The van der Waals surface area contributed by atoms with Gasteiger partial charge in [0.05, 0.1) is 0 Å². The number of carbonyl (C=O) groups is 2. The maximum Gasteiger partial charge on any atom is 0.331 e. The van der Waals surface area contributed by atoms with Crippen molar-refractivity contribution in [3.05, 3.63) is 54.1 Å². The summed E-state index contributed by atoms with van der Waals surface area (Å²) >= 11 is 0. The minimum atomic E-state index is -0.848. The first kappa shape index (κ1) is 15.7. The standard InChI is InChI=1S/C16H19NO3/c1-4-5-6-7-15(18)20-13(3)16(19)17-14-10-8-12(2)9-11-14/h4-11,13H,1-3H3,(H,17,19)/b5-4+,7-6+/t13-/m1/s1. The number of nitrogens with one attached hydrogen (secondary N) is 1. The molecule has 0 aliphatic carbocycles. The van der Waals surface area contributed by atoms with Gasteiger partial charge in [0.2, 0.25) is 0 Å². The Labute approximate surface area is 119 Å². The Morgan fingerprint density at radius 2 is 1.85 bits per heavy atom. The Balaban J connectivity index is 2.50. The van der Waals surface area contributed by atoms with Gasteiger partial charge in [0, 0.05) is 11.8 Å².